The van der Waals surface area contributed by atoms with Crippen LogP contribution in [0.15, 0.2) is 35.3 Å². The van der Waals surface area contributed by atoms with Gasteiger partial charge in [0.25, 0.3) is 0 Å². The molecule has 1 heterocycles. The van der Waals surface area contributed by atoms with E-state index in [1.54, 1.807) is 6.92 Å². The fourth-order valence-corrected chi connectivity index (χ4v) is 2.51. The fraction of sp³-hybridized carbons (Fsp3) is 0.273. The lowest BCUT2D eigenvalue weighted by Gasteiger charge is -2.11. The van der Waals surface area contributed by atoms with Gasteiger partial charge in [0.05, 0.1) is 5.04 Å². The summed E-state index contributed by atoms with van der Waals surface area (Å²) >= 11 is 1.50. The number of carboxylic acid groups (broad SMARTS) is 1. The van der Waals surface area contributed by atoms with Crippen molar-refractivity contribution in [1.29, 1.82) is 0 Å². The Morgan fingerprint density at radius 1 is 1.47 bits per heavy atom. The molecular weight excluding hydrogens is 210 g/mol. The SMILES string of the molecule is C[C@]1(C(=O)O)CSC(c2ccccc2)=N1. The Morgan fingerprint density at radius 3 is 2.67 bits per heavy atom. The van der Waals surface area contributed by atoms with Crippen LogP contribution in [0.3, 0.4) is 0 Å². The molecule has 1 atom stereocenters. The molecule has 0 bridgehead atoms. The molecule has 0 aliphatic carbocycles. The minimum absolute atomic E-state index is 0.507. The van der Waals surface area contributed by atoms with Crippen LogP contribution in [-0.2, 0) is 4.79 Å². The molecule has 0 spiro atoms. The fourth-order valence-electron chi connectivity index (χ4n) is 1.34. The first-order chi connectivity index (χ1) is 7.12. The number of aliphatic carboxylic acids is 1. The first-order valence-electron chi connectivity index (χ1n) is 4.63. The van der Waals surface area contributed by atoms with Gasteiger partial charge in [-0.05, 0) is 6.92 Å². The minimum Gasteiger partial charge on any atom is -0.479 e. The van der Waals surface area contributed by atoms with Crippen molar-refractivity contribution in [2.24, 2.45) is 4.99 Å². The van der Waals surface area contributed by atoms with Crippen LogP contribution in [0.5, 0.6) is 0 Å². The van der Waals surface area contributed by atoms with Crippen molar-refractivity contribution >= 4 is 22.8 Å². The number of hydrogen-bond acceptors (Lipinski definition) is 3. The van der Waals surface area contributed by atoms with Gasteiger partial charge in [0.2, 0.25) is 0 Å². The summed E-state index contributed by atoms with van der Waals surface area (Å²) in [5.41, 5.74) is 0.0306. The maximum absolute atomic E-state index is 11.0. The van der Waals surface area contributed by atoms with E-state index in [-0.39, 0.29) is 0 Å². The zero-order chi connectivity index (χ0) is 10.9. The van der Waals surface area contributed by atoms with Crippen molar-refractivity contribution < 1.29 is 9.90 Å². The van der Waals surface area contributed by atoms with E-state index in [0.29, 0.717) is 5.75 Å². The Hall–Kier alpha value is -1.29. The molecule has 1 N–H and O–H groups in total. The summed E-state index contributed by atoms with van der Waals surface area (Å²) in [5, 5.41) is 9.84. The number of benzene rings is 1. The first kappa shape index (κ1) is 10.2. The van der Waals surface area contributed by atoms with E-state index in [1.807, 2.05) is 30.3 Å². The van der Waals surface area contributed by atoms with Crippen LogP contribution in [0.1, 0.15) is 12.5 Å². The number of hydrogen-bond donors (Lipinski definition) is 1. The highest BCUT2D eigenvalue weighted by Crippen LogP contribution is 2.30. The van der Waals surface area contributed by atoms with E-state index in [2.05, 4.69) is 4.99 Å². The average molecular weight is 221 g/mol. The molecule has 78 valence electrons. The Labute approximate surface area is 92.2 Å². The van der Waals surface area contributed by atoms with Crippen LogP contribution in [0.4, 0.5) is 0 Å². The largest absolute Gasteiger partial charge is 0.479 e. The van der Waals surface area contributed by atoms with E-state index in [4.69, 9.17) is 5.11 Å². The maximum Gasteiger partial charge on any atom is 0.332 e. The second kappa shape index (κ2) is 3.70. The number of nitrogens with zero attached hydrogens (tertiary/aromatic N) is 1. The highest BCUT2D eigenvalue weighted by Gasteiger charge is 2.38. The summed E-state index contributed by atoms with van der Waals surface area (Å²) in [5.74, 6) is -0.354. The number of thioether (sulfide) groups is 1. The Kier molecular flexibility index (Phi) is 2.52. The van der Waals surface area contributed by atoms with E-state index >= 15 is 0 Å². The summed E-state index contributed by atoms with van der Waals surface area (Å²) in [7, 11) is 0. The monoisotopic (exact) mass is 221 g/mol. The van der Waals surface area contributed by atoms with E-state index in [1.165, 1.54) is 11.8 Å². The number of rotatable bonds is 2. The zero-order valence-electron chi connectivity index (χ0n) is 8.30. The molecule has 0 saturated carbocycles. The highest BCUT2D eigenvalue weighted by molar-refractivity contribution is 8.14. The molecule has 0 aromatic heterocycles. The summed E-state index contributed by atoms with van der Waals surface area (Å²) in [6.07, 6.45) is 0. The standard InChI is InChI=1S/C11H11NO2S/c1-11(10(13)14)7-15-9(12-11)8-5-3-2-4-6-8/h2-6H,7H2,1H3,(H,13,14)/t11-/m1/s1. The van der Waals surface area contributed by atoms with Crippen molar-refractivity contribution in [1.82, 2.24) is 0 Å². The quantitative estimate of drug-likeness (QED) is 0.831. The van der Waals surface area contributed by atoms with Gasteiger partial charge in [0, 0.05) is 11.3 Å². The van der Waals surface area contributed by atoms with Crippen molar-refractivity contribution in [3.63, 3.8) is 0 Å². The lowest BCUT2D eigenvalue weighted by Crippen LogP contribution is -2.33. The Bertz CT molecular complexity index is 416. The average Bonchev–Trinajstić information content (AvgIpc) is 2.64. The molecule has 0 fully saturated rings. The molecule has 3 nitrogen and oxygen atoms in total. The summed E-state index contributed by atoms with van der Waals surface area (Å²) in [4.78, 5) is 15.2. The molecule has 1 aliphatic heterocycles. The molecule has 2 rings (SSSR count). The highest BCUT2D eigenvalue weighted by atomic mass is 32.2. The maximum atomic E-state index is 11.0. The van der Waals surface area contributed by atoms with Crippen LogP contribution in [-0.4, -0.2) is 27.4 Å². The second-order valence-corrected chi connectivity index (χ2v) is 4.61. The molecule has 0 saturated heterocycles. The lowest BCUT2D eigenvalue weighted by molar-refractivity contribution is -0.141. The molecule has 1 aromatic carbocycles. The molecule has 0 radical (unpaired) electrons. The van der Waals surface area contributed by atoms with Gasteiger partial charge >= 0.3 is 5.97 Å². The first-order valence-corrected chi connectivity index (χ1v) is 5.62. The normalized spacial score (nSPS) is 25.0. The van der Waals surface area contributed by atoms with Crippen LogP contribution in [0, 0.1) is 0 Å². The molecule has 15 heavy (non-hydrogen) atoms. The molecule has 1 aliphatic rings. The third-order valence-electron chi connectivity index (χ3n) is 2.32. The van der Waals surface area contributed by atoms with Crippen molar-refractivity contribution in [3.05, 3.63) is 35.9 Å². The second-order valence-electron chi connectivity index (χ2n) is 3.65. The predicted octanol–water partition coefficient (Wildman–Crippen LogP) is 2.02. The van der Waals surface area contributed by atoms with Crippen molar-refractivity contribution in [3.8, 4) is 0 Å². The molecule has 1 aromatic rings. The van der Waals surface area contributed by atoms with Gasteiger partial charge in [-0.25, -0.2) is 4.79 Å². The third kappa shape index (κ3) is 1.90. The van der Waals surface area contributed by atoms with Gasteiger partial charge in [-0.2, -0.15) is 0 Å². The van der Waals surface area contributed by atoms with Crippen LogP contribution >= 0.6 is 11.8 Å². The number of carbonyl (C=O) groups is 1. The summed E-state index contributed by atoms with van der Waals surface area (Å²) in [6, 6.07) is 9.67. The van der Waals surface area contributed by atoms with Crippen molar-refractivity contribution in [2.75, 3.05) is 5.75 Å². The lowest BCUT2D eigenvalue weighted by atomic mass is 10.1. The summed E-state index contributed by atoms with van der Waals surface area (Å²) < 4.78 is 0. The van der Waals surface area contributed by atoms with Gasteiger partial charge in [-0.15, -0.1) is 11.8 Å². The topological polar surface area (TPSA) is 49.7 Å². The van der Waals surface area contributed by atoms with E-state index in [0.717, 1.165) is 10.6 Å². The molecule has 0 unspecified atom stereocenters. The molecule has 0 amide bonds. The van der Waals surface area contributed by atoms with Gasteiger partial charge in [-0.3, -0.25) is 4.99 Å². The molecule has 4 heteroatoms. The van der Waals surface area contributed by atoms with Crippen LogP contribution in [0.2, 0.25) is 0 Å². The van der Waals surface area contributed by atoms with Gasteiger partial charge in [0.15, 0.2) is 5.54 Å². The van der Waals surface area contributed by atoms with E-state index < -0.39 is 11.5 Å². The summed E-state index contributed by atoms with van der Waals surface area (Å²) in [6.45, 7) is 1.65. The smallest absolute Gasteiger partial charge is 0.332 e. The van der Waals surface area contributed by atoms with Gasteiger partial charge in [-0.1, -0.05) is 30.3 Å². The molecular formula is C11H11NO2S. The number of aliphatic imine (C=N–C) groups is 1. The van der Waals surface area contributed by atoms with Crippen molar-refractivity contribution in [2.45, 2.75) is 12.5 Å². The zero-order valence-corrected chi connectivity index (χ0v) is 9.12. The Morgan fingerprint density at radius 2 is 2.13 bits per heavy atom. The number of carboxylic acids is 1. The predicted molar refractivity (Wildman–Crippen MR) is 61.5 cm³/mol. The third-order valence-corrected chi connectivity index (χ3v) is 3.63. The van der Waals surface area contributed by atoms with Gasteiger partial charge in [0.1, 0.15) is 0 Å². The van der Waals surface area contributed by atoms with Gasteiger partial charge < -0.3 is 5.11 Å². The van der Waals surface area contributed by atoms with Crippen LogP contribution in [0.25, 0.3) is 0 Å². The van der Waals surface area contributed by atoms with Crippen LogP contribution < -0.4 is 0 Å². The Balaban J connectivity index is 2.32. The van der Waals surface area contributed by atoms with E-state index in [9.17, 15) is 4.79 Å². The minimum atomic E-state index is -0.962.